The largest absolute Gasteiger partial charge is 0.450 e. The number of nitrogens with two attached hydrogens (primary N) is 1. The maximum atomic E-state index is 11.7. The summed E-state index contributed by atoms with van der Waals surface area (Å²) in [5.74, 6) is 0.267. The second-order valence-corrected chi connectivity index (χ2v) is 5.29. The molecule has 118 valence electrons. The van der Waals surface area contributed by atoms with Crippen LogP contribution in [0.3, 0.4) is 0 Å². The summed E-state index contributed by atoms with van der Waals surface area (Å²) >= 11 is 0. The molecule has 0 bridgehead atoms. The summed E-state index contributed by atoms with van der Waals surface area (Å²) in [4.78, 5) is 19.9. The van der Waals surface area contributed by atoms with E-state index in [0.717, 1.165) is 30.0 Å². The highest BCUT2D eigenvalue weighted by molar-refractivity contribution is 5.68. The summed E-state index contributed by atoms with van der Waals surface area (Å²) in [6, 6.07) is 1.97. The Morgan fingerprint density at radius 1 is 1.36 bits per heavy atom. The summed E-state index contributed by atoms with van der Waals surface area (Å²) < 4.78 is 6.73. The Kier molecular flexibility index (Phi) is 3.74. The van der Waals surface area contributed by atoms with Gasteiger partial charge < -0.3 is 20.3 Å². The maximum Gasteiger partial charge on any atom is 0.409 e. The van der Waals surface area contributed by atoms with E-state index in [1.54, 1.807) is 9.42 Å². The van der Waals surface area contributed by atoms with Gasteiger partial charge in [-0.3, -0.25) is 0 Å². The summed E-state index contributed by atoms with van der Waals surface area (Å²) in [5, 5.41) is 4.15. The minimum absolute atomic E-state index is 0.238. The van der Waals surface area contributed by atoms with Crippen LogP contribution in [0.1, 0.15) is 12.5 Å². The van der Waals surface area contributed by atoms with Crippen molar-refractivity contribution in [2.75, 3.05) is 43.4 Å². The standard InChI is InChI=1S/C14H20N6O2/c1-3-22-14(21)19-6-4-18(5-7-19)11-9-20-12(8-10(11)2)16-13(15)17-20/h8-9H,3-7H2,1-2H3,(H2,15,17). The average Bonchev–Trinajstić information content (AvgIpc) is 2.86. The highest BCUT2D eigenvalue weighted by Crippen LogP contribution is 2.23. The second kappa shape index (κ2) is 5.70. The van der Waals surface area contributed by atoms with Gasteiger partial charge in [0, 0.05) is 26.2 Å². The van der Waals surface area contributed by atoms with Gasteiger partial charge in [-0.2, -0.15) is 4.98 Å². The van der Waals surface area contributed by atoms with Crippen molar-refractivity contribution in [2.45, 2.75) is 13.8 Å². The van der Waals surface area contributed by atoms with Gasteiger partial charge in [-0.25, -0.2) is 9.31 Å². The Labute approximate surface area is 128 Å². The van der Waals surface area contributed by atoms with Crippen LogP contribution in [0.4, 0.5) is 16.4 Å². The summed E-state index contributed by atoms with van der Waals surface area (Å²) in [5.41, 5.74) is 8.57. The lowest BCUT2D eigenvalue weighted by Crippen LogP contribution is -2.49. The number of rotatable bonds is 2. The van der Waals surface area contributed by atoms with E-state index in [0.29, 0.717) is 19.7 Å². The number of aryl methyl sites for hydroxylation is 1. The predicted octanol–water partition coefficient (Wildman–Crippen LogP) is 0.898. The van der Waals surface area contributed by atoms with Crippen LogP contribution in [-0.2, 0) is 4.74 Å². The monoisotopic (exact) mass is 304 g/mol. The SMILES string of the molecule is CCOC(=O)N1CCN(c2cn3nc(N)nc3cc2C)CC1. The summed E-state index contributed by atoms with van der Waals surface area (Å²) in [7, 11) is 0. The van der Waals surface area contributed by atoms with Gasteiger partial charge in [-0.05, 0) is 25.5 Å². The Balaban J connectivity index is 1.76. The lowest BCUT2D eigenvalue weighted by Gasteiger charge is -2.36. The molecular formula is C14H20N6O2. The van der Waals surface area contributed by atoms with Crippen molar-refractivity contribution in [2.24, 2.45) is 0 Å². The van der Waals surface area contributed by atoms with Crippen molar-refractivity contribution in [3.05, 3.63) is 17.8 Å². The minimum atomic E-state index is -0.238. The lowest BCUT2D eigenvalue weighted by atomic mass is 10.2. The number of nitrogen functional groups attached to an aromatic ring is 1. The van der Waals surface area contributed by atoms with Gasteiger partial charge in [-0.1, -0.05) is 0 Å². The number of pyridine rings is 1. The minimum Gasteiger partial charge on any atom is -0.450 e. The van der Waals surface area contributed by atoms with Gasteiger partial charge >= 0.3 is 6.09 Å². The van der Waals surface area contributed by atoms with Crippen LogP contribution < -0.4 is 10.6 Å². The fourth-order valence-electron chi connectivity index (χ4n) is 2.71. The van der Waals surface area contributed by atoms with Crippen molar-refractivity contribution in [3.63, 3.8) is 0 Å². The zero-order valence-corrected chi connectivity index (χ0v) is 12.8. The van der Waals surface area contributed by atoms with Gasteiger partial charge in [0.15, 0.2) is 5.65 Å². The zero-order chi connectivity index (χ0) is 15.7. The first-order valence-electron chi connectivity index (χ1n) is 7.37. The van der Waals surface area contributed by atoms with Crippen LogP contribution in [0.2, 0.25) is 0 Å². The Bertz CT molecular complexity index is 690. The summed E-state index contributed by atoms with van der Waals surface area (Å²) in [6.45, 7) is 7.08. The van der Waals surface area contributed by atoms with Crippen LogP contribution in [0.15, 0.2) is 12.3 Å². The molecule has 0 atom stereocenters. The van der Waals surface area contributed by atoms with Crippen molar-refractivity contribution >= 4 is 23.4 Å². The second-order valence-electron chi connectivity index (χ2n) is 5.29. The zero-order valence-electron chi connectivity index (χ0n) is 12.8. The topological polar surface area (TPSA) is 89.0 Å². The molecule has 0 aromatic carbocycles. The molecule has 1 aliphatic heterocycles. The summed E-state index contributed by atoms with van der Waals surface area (Å²) in [6.07, 6.45) is 1.70. The van der Waals surface area contributed by atoms with Crippen LogP contribution in [-0.4, -0.2) is 58.4 Å². The molecular weight excluding hydrogens is 284 g/mol. The van der Waals surface area contributed by atoms with Crippen LogP contribution in [0.5, 0.6) is 0 Å². The molecule has 0 spiro atoms. The number of hydrogen-bond acceptors (Lipinski definition) is 6. The molecule has 8 heteroatoms. The van der Waals surface area contributed by atoms with Crippen LogP contribution in [0.25, 0.3) is 5.65 Å². The molecule has 3 heterocycles. The first-order valence-corrected chi connectivity index (χ1v) is 7.37. The molecule has 22 heavy (non-hydrogen) atoms. The van der Waals surface area contributed by atoms with Gasteiger partial charge in [0.2, 0.25) is 5.95 Å². The Morgan fingerprint density at radius 3 is 2.77 bits per heavy atom. The Hall–Kier alpha value is -2.51. The number of carbonyl (C=O) groups is 1. The first-order chi connectivity index (χ1) is 10.6. The third kappa shape index (κ3) is 2.63. The molecule has 0 unspecified atom stereocenters. The van der Waals surface area contributed by atoms with Crippen LogP contribution in [0, 0.1) is 6.92 Å². The van der Waals surface area contributed by atoms with Gasteiger partial charge in [0.1, 0.15) is 0 Å². The van der Waals surface area contributed by atoms with E-state index >= 15 is 0 Å². The maximum absolute atomic E-state index is 11.7. The number of piperazine rings is 1. The third-order valence-corrected chi connectivity index (χ3v) is 3.81. The predicted molar refractivity (Wildman–Crippen MR) is 82.9 cm³/mol. The Morgan fingerprint density at radius 2 is 2.09 bits per heavy atom. The highest BCUT2D eigenvalue weighted by atomic mass is 16.6. The van der Waals surface area contributed by atoms with Crippen molar-refractivity contribution in [3.8, 4) is 0 Å². The first kappa shape index (κ1) is 14.4. The molecule has 1 fully saturated rings. The molecule has 0 radical (unpaired) electrons. The molecule has 1 aliphatic rings. The normalized spacial score (nSPS) is 15.4. The highest BCUT2D eigenvalue weighted by Gasteiger charge is 2.23. The van der Waals surface area contributed by atoms with E-state index in [2.05, 4.69) is 15.0 Å². The number of carbonyl (C=O) groups excluding carboxylic acids is 1. The molecule has 8 nitrogen and oxygen atoms in total. The molecule has 1 amide bonds. The van der Waals surface area contributed by atoms with E-state index in [4.69, 9.17) is 10.5 Å². The van der Waals surface area contributed by atoms with Crippen molar-refractivity contribution in [1.82, 2.24) is 19.5 Å². The fraction of sp³-hybridized carbons (Fsp3) is 0.500. The molecule has 1 saturated heterocycles. The smallest absolute Gasteiger partial charge is 0.409 e. The van der Waals surface area contributed by atoms with E-state index in [1.807, 2.05) is 26.1 Å². The molecule has 0 saturated carbocycles. The fourth-order valence-corrected chi connectivity index (χ4v) is 2.71. The molecule has 0 aliphatic carbocycles. The number of nitrogens with zero attached hydrogens (tertiary/aromatic N) is 5. The number of anilines is 2. The number of ether oxygens (including phenoxy) is 1. The van der Waals surface area contributed by atoms with E-state index in [9.17, 15) is 4.79 Å². The number of hydrogen-bond donors (Lipinski definition) is 1. The van der Waals surface area contributed by atoms with E-state index in [-0.39, 0.29) is 12.0 Å². The molecule has 2 aromatic rings. The number of aromatic nitrogens is 3. The third-order valence-electron chi connectivity index (χ3n) is 3.81. The van der Waals surface area contributed by atoms with Gasteiger partial charge in [0.05, 0.1) is 18.5 Å². The molecule has 2 N–H and O–H groups in total. The van der Waals surface area contributed by atoms with Crippen molar-refractivity contribution < 1.29 is 9.53 Å². The van der Waals surface area contributed by atoms with E-state index < -0.39 is 0 Å². The average molecular weight is 304 g/mol. The number of fused-ring (bicyclic) bond motifs is 1. The van der Waals surface area contributed by atoms with E-state index in [1.165, 1.54) is 0 Å². The van der Waals surface area contributed by atoms with Crippen molar-refractivity contribution in [1.29, 1.82) is 0 Å². The van der Waals surface area contributed by atoms with Gasteiger partial charge in [0.25, 0.3) is 0 Å². The van der Waals surface area contributed by atoms with Gasteiger partial charge in [-0.15, -0.1) is 5.10 Å². The molecule has 3 rings (SSSR count). The van der Waals surface area contributed by atoms with Crippen LogP contribution >= 0.6 is 0 Å². The molecule has 2 aromatic heterocycles. The number of amides is 1. The quantitative estimate of drug-likeness (QED) is 0.886. The lowest BCUT2D eigenvalue weighted by molar-refractivity contribution is 0.105.